The van der Waals surface area contributed by atoms with E-state index >= 15 is 0 Å². The topological polar surface area (TPSA) is 127 Å². The molecule has 9 nitrogen and oxygen atoms in total. The molecule has 0 saturated heterocycles. The Morgan fingerprint density at radius 2 is 1.89 bits per heavy atom. The summed E-state index contributed by atoms with van der Waals surface area (Å²) in [6.45, 7) is 3.95. The maximum atomic E-state index is 13.0. The highest BCUT2D eigenvalue weighted by atomic mass is 16.6. The third kappa shape index (κ3) is 5.51. The molecule has 9 heteroatoms. The van der Waals surface area contributed by atoms with Crippen LogP contribution >= 0.6 is 0 Å². The molecule has 1 heterocycles. The number of nitro benzene ring substituents is 1. The summed E-state index contributed by atoms with van der Waals surface area (Å²) in [5.41, 5.74) is 6.35. The molecule has 0 spiro atoms. The van der Waals surface area contributed by atoms with Crippen LogP contribution in [0.1, 0.15) is 76.0 Å². The van der Waals surface area contributed by atoms with E-state index in [1.54, 1.807) is 6.92 Å². The second-order valence-electron chi connectivity index (χ2n) is 8.77. The fourth-order valence-electron chi connectivity index (χ4n) is 4.26. The van der Waals surface area contributed by atoms with Gasteiger partial charge in [0.2, 0.25) is 0 Å². The minimum Gasteiger partial charge on any atom is -0.455 e. The van der Waals surface area contributed by atoms with Crippen molar-refractivity contribution in [3.63, 3.8) is 0 Å². The molecule has 0 aliphatic heterocycles. The molecule has 0 bridgehead atoms. The predicted molar refractivity (Wildman–Crippen MR) is 136 cm³/mol. The van der Waals surface area contributed by atoms with E-state index in [0.717, 1.165) is 31.2 Å². The molecule has 0 radical (unpaired) electrons. The number of amides is 2. The van der Waals surface area contributed by atoms with Crippen LogP contribution in [0.4, 0.5) is 11.4 Å². The number of benzene rings is 2. The molecule has 1 aromatic heterocycles. The van der Waals surface area contributed by atoms with Crippen LogP contribution in [0, 0.1) is 17.0 Å². The summed E-state index contributed by atoms with van der Waals surface area (Å²) < 4.78 is 5.93. The van der Waals surface area contributed by atoms with Gasteiger partial charge in [-0.1, -0.05) is 31.5 Å². The molecule has 2 aromatic carbocycles. The largest absolute Gasteiger partial charge is 0.455 e. The number of rotatable bonds is 8. The molecule has 0 saturated carbocycles. The van der Waals surface area contributed by atoms with Crippen LogP contribution in [-0.2, 0) is 12.8 Å². The third-order valence-electron chi connectivity index (χ3n) is 6.17. The van der Waals surface area contributed by atoms with E-state index < -0.39 is 10.8 Å². The number of hydrogen-bond acceptors (Lipinski definition) is 6. The van der Waals surface area contributed by atoms with Gasteiger partial charge in [-0.3, -0.25) is 19.7 Å². The number of unbranched alkanes of at least 4 members (excludes halogenated alkanes) is 1. The molecule has 1 aliphatic rings. The second kappa shape index (κ2) is 11.0. The molecule has 2 amide bonds. The quantitative estimate of drug-likeness (QED) is 0.317. The van der Waals surface area contributed by atoms with Gasteiger partial charge in [-0.2, -0.15) is 5.10 Å². The number of non-ortho nitro benzene ring substituents is 1. The van der Waals surface area contributed by atoms with Crippen molar-refractivity contribution in [2.75, 3.05) is 5.32 Å². The lowest BCUT2D eigenvalue weighted by Gasteiger charge is -2.13. The maximum Gasteiger partial charge on any atom is 0.291 e. The Labute approximate surface area is 208 Å². The SMILES string of the molecule is CCCCc1ccc(NC(=O)c2oc3c(c2C)/C(=N/NC(=O)c2cccc([N+](=O)[O-])c2)CCC3)cc1. The number of aryl methyl sites for hydroxylation is 2. The summed E-state index contributed by atoms with van der Waals surface area (Å²) >= 11 is 0. The number of anilines is 1. The second-order valence-corrected chi connectivity index (χ2v) is 8.77. The van der Waals surface area contributed by atoms with Gasteiger partial charge >= 0.3 is 0 Å². The summed E-state index contributed by atoms with van der Waals surface area (Å²) in [4.78, 5) is 35.9. The van der Waals surface area contributed by atoms with E-state index in [1.807, 2.05) is 24.3 Å². The molecule has 4 rings (SSSR count). The fourth-order valence-corrected chi connectivity index (χ4v) is 4.26. The van der Waals surface area contributed by atoms with Crippen LogP contribution in [0.15, 0.2) is 58.0 Å². The van der Waals surface area contributed by atoms with Gasteiger partial charge in [0.1, 0.15) is 5.76 Å². The minimum absolute atomic E-state index is 0.134. The van der Waals surface area contributed by atoms with Gasteiger partial charge in [-0.05, 0) is 56.4 Å². The molecule has 0 unspecified atom stereocenters. The van der Waals surface area contributed by atoms with Crippen LogP contribution in [0.2, 0.25) is 0 Å². The van der Waals surface area contributed by atoms with Crippen LogP contribution in [0.3, 0.4) is 0 Å². The first kappa shape index (κ1) is 24.8. The van der Waals surface area contributed by atoms with Gasteiger partial charge in [-0.25, -0.2) is 5.43 Å². The number of nitrogens with one attached hydrogen (secondary N) is 2. The third-order valence-corrected chi connectivity index (χ3v) is 6.17. The Morgan fingerprint density at radius 1 is 1.11 bits per heavy atom. The van der Waals surface area contributed by atoms with Crippen molar-refractivity contribution < 1.29 is 18.9 Å². The highest BCUT2D eigenvalue weighted by molar-refractivity contribution is 6.09. The fraction of sp³-hybridized carbons (Fsp3) is 0.296. The Balaban J connectivity index is 1.50. The molecule has 0 fully saturated rings. The lowest BCUT2D eigenvalue weighted by atomic mass is 9.93. The van der Waals surface area contributed by atoms with Crippen molar-refractivity contribution >= 4 is 28.9 Å². The number of fused-ring (bicyclic) bond motifs is 1. The van der Waals surface area contributed by atoms with Gasteiger partial charge in [0.25, 0.3) is 17.5 Å². The zero-order valence-corrected chi connectivity index (χ0v) is 20.3. The molecule has 2 N–H and O–H groups in total. The minimum atomic E-state index is -0.557. The summed E-state index contributed by atoms with van der Waals surface area (Å²) in [7, 11) is 0. The molecule has 0 atom stereocenters. The summed E-state index contributed by atoms with van der Waals surface area (Å²) in [5, 5.41) is 18.2. The van der Waals surface area contributed by atoms with Crippen molar-refractivity contribution in [2.24, 2.45) is 5.10 Å². The van der Waals surface area contributed by atoms with Gasteiger partial charge < -0.3 is 9.73 Å². The smallest absolute Gasteiger partial charge is 0.291 e. The Kier molecular flexibility index (Phi) is 7.58. The Morgan fingerprint density at radius 3 is 2.61 bits per heavy atom. The van der Waals surface area contributed by atoms with Crippen molar-refractivity contribution in [3.05, 3.63) is 92.4 Å². The van der Waals surface area contributed by atoms with E-state index in [0.29, 0.717) is 35.6 Å². The lowest BCUT2D eigenvalue weighted by Crippen LogP contribution is -2.22. The van der Waals surface area contributed by atoms with Crippen molar-refractivity contribution in [2.45, 2.75) is 52.4 Å². The van der Waals surface area contributed by atoms with Gasteiger partial charge in [0.05, 0.1) is 10.6 Å². The van der Waals surface area contributed by atoms with E-state index in [9.17, 15) is 19.7 Å². The molecule has 1 aliphatic carbocycles. The van der Waals surface area contributed by atoms with Gasteiger partial charge in [0, 0.05) is 40.9 Å². The summed E-state index contributed by atoms with van der Waals surface area (Å²) in [5.74, 6) is -0.0279. The van der Waals surface area contributed by atoms with Gasteiger partial charge in [-0.15, -0.1) is 0 Å². The summed E-state index contributed by atoms with van der Waals surface area (Å²) in [6, 6.07) is 13.2. The number of nitrogens with zero attached hydrogens (tertiary/aromatic N) is 2. The first-order valence-electron chi connectivity index (χ1n) is 12.0. The summed E-state index contributed by atoms with van der Waals surface area (Å²) in [6.07, 6.45) is 5.28. The van der Waals surface area contributed by atoms with E-state index in [2.05, 4.69) is 22.8 Å². The van der Waals surface area contributed by atoms with E-state index in [4.69, 9.17) is 4.42 Å². The number of carbonyl (C=O) groups excluding carboxylic acids is 2. The Hall–Kier alpha value is -4.27. The number of nitro groups is 1. The zero-order valence-electron chi connectivity index (χ0n) is 20.3. The van der Waals surface area contributed by atoms with Gasteiger partial charge in [0.15, 0.2) is 5.76 Å². The number of hydrogen-bond donors (Lipinski definition) is 2. The Bertz CT molecular complexity index is 1320. The first-order chi connectivity index (χ1) is 17.4. The standard InChI is InChI=1S/C27H28N4O5/c1-3-4-7-18-12-14-20(15-13-18)28-27(33)25-17(2)24-22(10-6-11-23(24)36-25)29-30-26(32)19-8-5-9-21(16-19)31(34)35/h5,8-9,12-16H,3-4,6-7,10-11H2,1-2H3,(H,28,33)(H,30,32)/b29-22+. The lowest BCUT2D eigenvalue weighted by molar-refractivity contribution is -0.384. The zero-order chi connectivity index (χ0) is 25.7. The first-order valence-corrected chi connectivity index (χ1v) is 12.0. The molecule has 36 heavy (non-hydrogen) atoms. The van der Waals surface area contributed by atoms with Crippen molar-refractivity contribution in [3.8, 4) is 0 Å². The maximum absolute atomic E-state index is 13.0. The predicted octanol–water partition coefficient (Wildman–Crippen LogP) is 5.56. The average Bonchev–Trinajstić information content (AvgIpc) is 3.24. The molecular formula is C27H28N4O5. The van der Waals surface area contributed by atoms with Crippen LogP contribution < -0.4 is 10.7 Å². The monoisotopic (exact) mass is 488 g/mol. The van der Waals surface area contributed by atoms with E-state index in [-0.39, 0.29) is 22.9 Å². The average molecular weight is 489 g/mol. The molecule has 3 aromatic rings. The highest BCUT2D eigenvalue weighted by Crippen LogP contribution is 2.30. The van der Waals surface area contributed by atoms with Crippen LogP contribution in [0.5, 0.6) is 0 Å². The number of hydrazone groups is 1. The van der Waals surface area contributed by atoms with Crippen molar-refractivity contribution in [1.29, 1.82) is 0 Å². The normalized spacial score (nSPS) is 13.8. The molecule has 186 valence electrons. The number of carbonyl (C=O) groups is 2. The number of furan rings is 1. The highest BCUT2D eigenvalue weighted by Gasteiger charge is 2.28. The van der Waals surface area contributed by atoms with Crippen LogP contribution in [-0.4, -0.2) is 22.4 Å². The van der Waals surface area contributed by atoms with Crippen molar-refractivity contribution in [1.82, 2.24) is 5.43 Å². The molecular weight excluding hydrogens is 460 g/mol. The van der Waals surface area contributed by atoms with Crippen LogP contribution in [0.25, 0.3) is 0 Å². The van der Waals surface area contributed by atoms with E-state index in [1.165, 1.54) is 29.8 Å².